The maximum absolute atomic E-state index is 12.8. The van der Waals surface area contributed by atoms with E-state index in [0.717, 1.165) is 54.3 Å². The summed E-state index contributed by atoms with van der Waals surface area (Å²) in [5.41, 5.74) is 2.34. The maximum atomic E-state index is 12.8. The molecule has 0 unspecified atom stereocenters. The van der Waals surface area contributed by atoms with Crippen LogP contribution in [0.2, 0.25) is 0 Å². The number of amides is 1. The number of aromatic amines is 1. The third kappa shape index (κ3) is 2.90. The first-order valence-corrected chi connectivity index (χ1v) is 9.01. The number of carbonyl (C=O) groups is 2. The van der Waals surface area contributed by atoms with Gasteiger partial charge in [0, 0.05) is 5.39 Å². The Balaban J connectivity index is 1.49. The van der Waals surface area contributed by atoms with Crippen molar-refractivity contribution in [2.75, 3.05) is 0 Å². The Hall–Kier alpha value is -2.37. The molecule has 1 aliphatic carbocycles. The number of nitrogens with zero attached hydrogens (tertiary/aromatic N) is 1. The number of rotatable bonds is 3. The minimum atomic E-state index is -0.577. The highest BCUT2D eigenvalue weighted by atomic mass is 16.6. The van der Waals surface area contributed by atoms with E-state index in [1.807, 2.05) is 19.1 Å². The van der Waals surface area contributed by atoms with Gasteiger partial charge in [0.05, 0.1) is 30.1 Å². The van der Waals surface area contributed by atoms with Crippen LogP contribution in [0.25, 0.3) is 10.9 Å². The third-order valence-electron chi connectivity index (χ3n) is 5.57. The summed E-state index contributed by atoms with van der Waals surface area (Å²) in [6.07, 6.45) is 4.96. The molecule has 2 heterocycles. The second-order valence-electron chi connectivity index (χ2n) is 7.30. The average molecular weight is 341 g/mol. The quantitative estimate of drug-likeness (QED) is 0.841. The molecule has 2 N–H and O–H groups in total. The van der Waals surface area contributed by atoms with Crippen molar-refractivity contribution in [3.05, 3.63) is 29.5 Å². The molecule has 0 radical (unpaired) electrons. The summed E-state index contributed by atoms with van der Waals surface area (Å²) >= 11 is 0. The van der Waals surface area contributed by atoms with Gasteiger partial charge in [-0.3, -0.25) is 14.7 Å². The summed E-state index contributed by atoms with van der Waals surface area (Å²) in [6, 6.07) is 6.04. The van der Waals surface area contributed by atoms with E-state index in [4.69, 9.17) is 4.74 Å². The number of carbonyl (C=O) groups excluding carboxylic acids is 2. The molecule has 1 atom stereocenters. The molecular formula is C19H23N3O3. The highest BCUT2D eigenvalue weighted by molar-refractivity contribution is 5.88. The lowest BCUT2D eigenvalue weighted by molar-refractivity contribution is -0.153. The number of esters is 1. The summed E-state index contributed by atoms with van der Waals surface area (Å²) < 4.78 is 5.63. The Kier molecular flexibility index (Phi) is 3.98. The minimum absolute atomic E-state index is 0.0943. The topological polar surface area (TPSA) is 84.1 Å². The zero-order valence-corrected chi connectivity index (χ0v) is 14.4. The standard InChI is InChI=1S/C19H23N3O3/c1-12-5-6-15-13(9-12)16(22-21-15)11-20-18(24)14-10-17(23)25-19(14)7-3-2-4-8-19/h5-6,9,14H,2-4,7-8,10-11H2,1H3,(H,20,24)(H,21,22)/t14-/m0/s1. The lowest BCUT2D eigenvalue weighted by Crippen LogP contribution is -2.45. The van der Waals surface area contributed by atoms with Crippen molar-refractivity contribution in [1.82, 2.24) is 15.5 Å². The fourth-order valence-electron chi connectivity index (χ4n) is 4.24. The molecular weight excluding hydrogens is 318 g/mol. The van der Waals surface area contributed by atoms with Crippen molar-refractivity contribution in [3.63, 3.8) is 0 Å². The maximum Gasteiger partial charge on any atom is 0.307 e. The molecule has 1 aromatic heterocycles. The van der Waals surface area contributed by atoms with Crippen molar-refractivity contribution in [2.24, 2.45) is 5.92 Å². The monoisotopic (exact) mass is 341 g/mol. The predicted octanol–water partition coefficient (Wildman–Crippen LogP) is 2.75. The van der Waals surface area contributed by atoms with Crippen LogP contribution in [0, 0.1) is 12.8 Å². The van der Waals surface area contributed by atoms with Crippen LogP contribution in [-0.4, -0.2) is 27.7 Å². The smallest absolute Gasteiger partial charge is 0.307 e. The molecule has 2 aromatic rings. The number of nitrogens with one attached hydrogen (secondary N) is 2. The van der Waals surface area contributed by atoms with Gasteiger partial charge in [-0.25, -0.2) is 0 Å². The average Bonchev–Trinajstić information content (AvgIpc) is 3.14. The van der Waals surface area contributed by atoms with Crippen LogP contribution in [-0.2, 0) is 20.9 Å². The summed E-state index contributed by atoms with van der Waals surface area (Å²) in [4.78, 5) is 24.6. The molecule has 4 rings (SSSR count). The first kappa shape index (κ1) is 16.1. The van der Waals surface area contributed by atoms with Crippen molar-refractivity contribution < 1.29 is 14.3 Å². The summed E-state index contributed by atoms with van der Waals surface area (Å²) in [5.74, 6) is -0.718. The van der Waals surface area contributed by atoms with Gasteiger partial charge >= 0.3 is 5.97 Å². The van der Waals surface area contributed by atoms with E-state index in [-0.39, 0.29) is 24.2 Å². The van der Waals surface area contributed by atoms with E-state index < -0.39 is 5.60 Å². The van der Waals surface area contributed by atoms with E-state index in [1.54, 1.807) is 0 Å². The fraction of sp³-hybridized carbons (Fsp3) is 0.526. The number of aromatic nitrogens is 2. The normalized spacial score (nSPS) is 22.3. The van der Waals surface area contributed by atoms with Gasteiger partial charge in [0.15, 0.2) is 0 Å². The fourth-order valence-corrected chi connectivity index (χ4v) is 4.24. The Morgan fingerprint density at radius 3 is 2.96 bits per heavy atom. The molecule has 25 heavy (non-hydrogen) atoms. The zero-order valence-electron chi connectivity index (χ0n) is 14.4. The van der Waals surface area contributed by atoms with E-state index in [2.05, 4.69) is 21.6 Å². The van der Waals surface area contributed by atoms with Crippen LogP contribution in [0.1, 0.15) is 49.8 Å². The molecule has 132 valence electrons. The zero-order chi connectivity index (χ0) is 17.4. The van der Waals surface area contributed by atoms with Gasteiger partial charge in [0.1, 0.15) is 5.60 Å². The SMILES string of the molecule is Cc1ccc2n[nH]c(CNC(=O)[C@@H]3CC(=O)OC34CCCCC4)c2c1. The summed E-state index contributed by atoms with van der Waals surface area (Å²) in [5, 5.41) is 11.3. The Morgan fingerprint density at radius 2 is 2.16 bits per heavy atom. The van der Waals surface area contributed by atoms with Crippen LogP contribution in [0.3, 0.4) is 0 Å². The second-order valence-corrected chi connectivity index (χ2v) is 7.30. The van der Waals surface area contributed by atoms with Gasteiger partial charge in [-0.2, -0.15) is 5.10 Å². The number of fused-ring (bicyclic) bond motifs is 1. The molecule has 2 fully saturated rings. The molecule has 6 nitrogen and oxygen atoms in total. The van der Waals surface area contributed by atoms with Gasteiger partial charge in [-0.05, 0) is 44.7 Å². The van der Waals surface area contributed by atoms with Gasteiger partial charge in [0.2, 0.25) is 5.91 Å². The number of H-pyrrole nitrogens is 1. The first-order valence-electron chi connectivity index (χ1n) is 9.01. The van der Waals surface area contributed by atoms with Gasteiger partial charge in [0.25, 0.3) is 0 Å². The molecule has 1 amide bonds. The lowest BCUT2D eigenvalue weighted by atomic mass is 9.75. The molecule has 1 saturated heterocycles. The van der Waals surface area contributed by atoms with Crippen LogP contribution in [0.15, 0.2) is 18.2 Å². The number of aryl methyl sites for hydroxylation is 1. The van der Waals surface area contributed by atoms with Crippen LogP contribution in [0.4, 0.5) is 0 Å². The van der Waals surface area contributed by atoms with E-state index >= 15 is 0 Å². The molecule has 6 heteroatoms. The second kappa shape index (κ2) is 6.17. The number of ether oxygens (including phenoxy) is 1. The van der Waals surface area contributed by atoms with Gasteiger partial charge < -0.3 is 10.1 Å². The Bertz CT molecular complexity index is 820. The van der Waals surface area contributed by atoms with E-state index in [0.29, 0.717) is 6.54 Å². The molecule has 1 aliphatic heterocycles. The largest absolute Gasteiger partial charge is 0.458 e. The minimum Gasteiger partial charge on any atom is -0.458 e. The molecule has 1 aromatic carbocycles. The highest BCUT2D eigenvalue weighted by Crippen LogP contribution is 2.44. The first-order chi connectivity index (χ1) is 12.1. The van der Waals surface area contributed by atoms with Crippen molar-refractivity contribution in [3.8, 4) is 0 Å². The van der Waals surface area contributed by atoms with Gasteiger partial charge in [-0.1, -0.05) is 18.1 Å². The van der Waals surface area contributed by atoms with E-state index in [1.165, 1.54) is 0 Å². The summed E-state index contributed by atoms with van der Waals surface area (Å²) in [7, 11) is 0. The third-order valence-corrected chi connectivity index (χ3v) is 5.57. The van der Waals surface area contributed by atoms with Crippen LogP contribution in [0.5, 0.6) is 0 Å². The Morgan fingerprint density at radius 1 is 1.36 bits per heavy atom. The van der Waals surface area contributed by atoms with Crippen molar-refractivity contribution in [1.29, 1.82) is 0 Å². The molecule has 0 bridgehead atoms. The van der Waals surface area contributed by atoms with Gasteiger partial charge in [-0.15, -0.1) is 0 Å². The van der Waals surface area contributed by atoms with Crippen molar-refractivity contribution in [2.45, 2.75) is 57.6 Å². The molecule has 1 saturated carbocycles. The number of hydrogen-bond donors (Lipinski definition) is 2. The molecule has 2 aliphatic rings. The summed E-state index contributed by atoms with van der Waals surface area (Å²) in [6.45, 7) is 2.41. The predicted molar refractivity (Wildman–Crippen MR) is 92.7 cm³/mol. The highest BCUT2D eigenvalue weighted by Gasteiger charge is 2.52. The number of hydrogen-bond acceptors (Lipinski definition) is 4. The number of benzene rings is 1. The van der Waals surface area contributed by atoms with Crippen LogP contribution < -0.4 is 5.32 Å². The van der Waals surface area contributed by atoms with E-state index in [9.17, 15) is 9.59 Å². The molecule has 1 spiro atoms. The van der Waals surface area contributed by atoms with Crippen molar-refractivity contribution >= 4 is 22.8 Å². The Labute approximate surface area is 146 Å². The van der Waals surface area contributed by atoms with Crippen LogP contribution >= 0.6 is 0 Å². The lowest BCUT2D eigenvalue weighted by Gasteiger charge is -2.36.